The van der Waals surface area contributed by atoms with Crippen LogP contribution in [0, 0.1) is 5.92 Å². The van der Waals surface area contributed by atoms with Gasteiger partial charge >= 0.3 is 0 Å². The monoisotopic (exact) mass is 269 g/mol. The lowest BCUT2D eigenvalue weighted by Crippen LogP contribution is -2.57. The lowest BCUT2D eigenvalue weighted by atomic mass is 9.97. The zero-order valence-corrected chi connectivity index (χ0v) is 12.5. The van der Waals surface area contributed by atoms with Gasteiger partial charge in [0, 0.05) is 54.0 Å². The van der Waals surface area contributed by atoms with E-state index >= 15 is 0 Å². The van der Waals surface area contributed by atoms with E-state index < -0.39 is 0 Å². The molecule has 0 bridgehead atoms. The van der Waals surface area contributed by atoms with Crippen LogP contribution in [0.15, 0.2) is 36.7 Å². The maximum atomic E-state index is 4.24. The second-order valence-corrected chi connectivity index (χ2v) is 6.15. The first kappa shape index (κ1) is 13.4. The molecule has 1 fully saturated rings. The van der Waals surface area contributed by atoms with Gasteiger partial charge in [-0.1, -0.05) is 26.0 Å². The molecule has 1 aromatic carbocycles. The van der Waals surface area contributed by atoms with E-state index in [0.717, 1.165) is 13.1 Å². The fourth-order valence-electron chi connectivity index (χ4n) is 3.16. The van der Waals surface area contributed by atoms with Crippen molar-refractivity contribution < 1.29 is 0 Å². The van der Waals surface area contributed by atoms with Gasteiger partial charge in [0.05, 0.1) is 0 Å². The highest BCUT2D eigenvalue weighted by atomic mass is 15.2. The van der Waals surface area contributed by atoms with Crippen LogP contribution in [0.4, 0.5) is 5.69 Å². The molecule has 0 amide bonds. The molecule has 2 atom stereocenters. The first-order chi connectivity index (χ1) is 9.66. The summed E-state index contributed by atoms with van der Waals surface area (Å²) < 4.78 is 0. The maximum Gasteiger partial charge on any atom is 0.0450 e. The third-order valence-corrected chi connectivity index (χ3v) is 4.28. The number of rotatable bonds is 2. The van der Waals surface area contributed by atoms with Crippen molar-refractivity contribution in [2.45, 2.75) is 32.9 Å². The lowest BCUT2D eigenvalue weighted by Gasteiger charge is -2.43. The molecule has 3 rings (SSSR count). The summed E-state index contributed by atoms with van der Waals surface area (Å²) in [5, 5.41) is 6.14. The van der Waals surface area contributed by atoms with Crippen molar-refractivity contribution in [3.63, 3.8) is 0 Å². The predicted molar refractivity (Wildman–Crippen MR) is 85.2 cm³/mol. The van der Waals surface area contributed by atoms with Gasteiger partial charge in [0.25, 0.3) is 0 Å². The van der Waals surface area contributed by atoms with Crippen LogP contribution < -0.4 is 10.2 Å². The summed E-state index contributed by atoms with van der Waals surface area (Å²) >= 11 is 0. The second kappa shape index (κ2) is 5.41. The van der Waals surface area contributed by atoms with Crippen molar-refractivity contribution in [2.75, 3.05) is 18.0 Å². The third-order valence-electron chi connectivity index (χ3n) is 4.28. The standard InChI is InChI=1S/C17H23N3/c1-12(2)17-10-19-13(3)11-20(17)16-6-4-5-14-9-18-8-7-15(14)16/h4-9,12-13,17,19H,10-11H2,1-3H3. The van der Waals surface area contributed by atoms with Gasteiger partial charge in [-0.05, 0) is 25.0 Å². The van der Waals surface area contributed by atoms with Crippen LogP contribution in [0.1, 0.15) is 20.8 Å². The average molecular weight is 269 g/mol. The Morgan fingerprint density at radius 2 is 2.15 bits per heavy atom. The first-order valence-corrected chi connectivity index (χ1v) is 7.49. The van der Waals surface area contributed by atoms with E-state index in [4.69, 9.17) is 0 Å². The zero-order valence-electron chi connectivity index (χ0n) is 12.5. The number of nitrogens with one attached hydrogen (secondary N) is 1. The van der Waals surface area contributed by atoms with E-state index in [9.17, 15) is 0 Å². The minimum Gasteiger partial charge on any atom is -0.365 e. The molecular weight excluding hydrogens is 246 g/mol. The fraction of sp³-hybridized carbons (Fsp3) is 0.471. The van der Waals surface area contributed by atoms with Crippen LogP contribution in [0.25, 0.3) is 10.8 Å². The van der Waals surface area contributed by atoms with E-state index in [2.05, 4.69) is 60.2 Å². The molecule has 2 unspecified atom stereocenters. The number of hydrogen-bond acceptors (Lipinski definition) is 3. The highest BCUT2D eigenvalue weighted by Gasteiger charge is 2.28. The SMILES string of the molecule is CC1CN(c2cccc3cnccc23)C(C(C)C)CN1. The zero-order chi connectivity index (χ0) is 14.1. The molecule has 1 saturated heterocycles. The van der Waals surface area contributed by atoms with E-state index in [1.807, 2.05) is 12.4 Å². The van der Waals surface area contributed by atoms with Crippen LogP contribution in [0.5, 0.6) is 0 Å². The minimum absolute atomic E-state index is 0.530. The van der Waals surface area contributed by atoms with Crippen LogP contribution >= 0.6 is 0 Å². The molecule has 0 spiro atoms. The number of aromatic nitrogens is 1. The van der Waals surface area contributed by atoms with Crippen LogP contribution in [0.3, 0.4) is 0 Å². The van der Waals surface area contributed by atoms with Crippen LogP contribution in [-0.2, 0) is 0 Å². The molecule has 3 heteroatoms. The number of benzene rings is 1. The molecule has 1 aliphatic rings. The van der Waals surface area contributed by atoms with Gasteiger partial charge < -0.3 is 10.2 Å². The van der Waals surface area contributed by atoms with Crippen molar-refractivity contribution in [3.05, 3.63) is 36.7 Å². The van der Waals surface area contributed by atoms with Gasteiger partial charge in [0.15, 0.2) is 0 Å². The number of hydrogen-bond donors (Lipinski definition) is 1. The van der Waals surface area contributed by atoms with E-state index in [1.165, 1.54) is 16.5 Å². The molecule has 0 radical (unpaired) electrons. The molecule has 20 heavy (non-hydrogen) atoms. The molecule has 1 aliphatic heterocycles. The summed E-state index contributed by atoms with van der Waals surface area (Å²) in [5.74, 6) is 0.632. The summed E-state index contributed by atoms with van der Waals surface area (Å²) in [4.78, 5) is 6.81. The number of nitrogens with zero attached hydrogens (tertiary/aromatic N) is 2. The highest BCUT2D eigenvalue weighted by Crippen LogP contribution is 2.30. The Hall–Kier alpha value is -1.61. The number of anilines is 1. The lowest BCUT2D eigenvalue weighted by molar-refractivity contribution is 0.350. The minimum atomic E-state index is 0.530. The Morgan fingerprint density at radius 3 is 2.95 bits per heavy atom. The van der Waals surface area contributed by atoms with Gasteiger partial charge in [0.2, 0.25) is 0 Å². The molecule has 1 N–H and O–H groups in total. The summed E-state index contributed by atoms with van der Waals surface area (Å²) in [7, 11) is 0. The molecule has 1 aromatic heterocycles. The van der Waals surface area contributed by atoms with Gasteiger partial charge in [-0.3, -0.25) is 4.98 Å². The van der Waals surface area contributed by atoms with Crippen LogP contribution in [0.2, 0.25) is 0 Å². The second-order valence-electron chi connectivity index (χ2n) is 6.15. The van der Waals surface area contributed by atoms with E-state index in [0.29, 0.717) is 18.0 Å². The first-order valence-electron chi connectivity index (χ1n) is 7.49. The predicted octanol–water partition coefficient (Wildman–Crippen LogP) is 3.06. The third kappa shape index (κ3) is 2.38. The molecule has 0 aliphatic carbocycles. The van der Waals surface area contributed by atoms with Gasteiger partial charge in [-0.25, -0.2) is 0 Å². The Bertz CT molecular complexity index is 588. The van der Waals surface area contributed by atoms with Crippen molar-refractivity contribution in [3.8, 4) is 0 Å². The normalized spacial score (nSPS) is 23.5. The summed E-state index contributed by atoms with van der Waals surface area (Å²) in [6.45, 7) is 8.99. The topological polar surface area (TPSA) is 28.2 Å². The fourth-order valence-corrected chi connectivity index (χ4v) is 3.16. The average Bonchev–Trinajstić information content (AvgIpc) is 2.46. The van der Waals surface area contributed by atoms with Crippen molar-refractivity contribution >= 4 is 16.5 Å². The Balaban J connectivity index is 2.07. The largest absolute Gasteiger partial charge is 0.365 e. The molecular formula is C17H23N3. The molecule has 2 aromatic rings. The number of piperazine rings is 1. The molecule has 0 saturated carbocycles. The number of fused-ring (bicyclic) bond motifs is 1. The quantitative estimate of drug-likeness (QED) is 0.908. The van der Waals surface area contributed by atoms with E-state index in [-0.39, 0.29) is 0 Å². The van der Waals surface area contributed by atoms with Crippen LogP contribution in [-0.4, -0.2) is 30.2 Å². The van der Waals surface area contributed by atoms with Gasteiger partial charge in [0.1, 0.15) is 0 Å². The summed E-state index contributed by atoms with van der Waals surface area (Å²) in [6, 6.07) is 9.74. The smallest absolute Gasteiger partial charge is 0.0450 e. The van der Waals surface area contributed by atoms with E-state index in [1.54, 1.807) is 0 Å². The maximum absolute atomic E-state index is 4.24. The molecule has 2 heterocycles. The van der Waals surface area contributed by atoms with Gasteiger partial charge in [-0.2, -0.15) is 0 Å². The Labute approximate surface area is 121 Å². The van der Waals surface area contributed by atoms with Crippen molar-refractivity contribution in [1.82, 2.24) is 10.3 Å². The van der Waals surface area contributed by atoms with Crippen molar-refractivity contribution in [1.29, 1.82) is 0 Å². The Morgan fingerprint density at radius 1 is 1.30 bits per heavy atom. The number of pyridine rings is 1. The Kier molecular flexibility index (Phi) is 3.62. The summed E-state index contributed by atoms with van der Waals surface area (Å²) in [6.07, 6.45) is 3.84. The highest BCUT2D eigenvalue weighted by molar-refractivity contribution is 5.93. The van der Waals surface area contributed by atoms with Crippen molar-refractivity contribution in [2.24, 2.45) is 5.92 Å². The molecule has 106 valence electrons. The van der Waals surface area contributed by atoms with Gasteiger partial charge in [-0.15, -0.1) is 0 Å². The molecule has 3 nitrogen and oxygen atoms in total. The summed E-state index contributed by atoms with van der Waals surface area (Å²) in [5.41, 5.74) is 1.34.